The maximum Gasteiger partial charge on any atom is 0.232 e. The summed E-state index contributed by atoms with van der Waals surface area (Å²) < 4.78 is 5.60. The molecule has 1 aromatic rings. The molecule has 18 heavy (non-hydrogen) atoms. The number of hydrogen-bond acceptors (Lipinski definition) is 4. The highest BCUT2D eigenvalue weighted by Gasteiger charge is 2.38. The Bertz CT molecular complexity index is 386. The van der Waals surface area contributed by atoms with Crippen molar-refractivity contribution in [3.63, 3.8) is 0 Å². The predicted octanol–water partition coefficient (Wildman–Crippen LogP) is 2.44. The van der Waals surface area contributed by atoms with Crippen molar-refractivity contribution >= 4 is 0 Å². The van der Waals surface area contributed by atoms with E-state index in [1.807, 2.05) is 0 Å². The summed E-state index contributed by atoms with van der Waals surface area (Å²) in [5.41, 5.74) is 0.148. The van der Waals surface area contributed by atoms with Crippen molar-refractivity contribution in [2.24, 2.45) is 5.92 Å². The van der Waals surface area contributed by atoms with E-state index >= 15 is 0 Å². The fourth-order valence-corrected chi connectivity index (χ4v) is 3.09. The van der Waals surface area contributed by atoms with Crippen molar-refractivity contribution in [3.05, 3.63) is 11.7 Å². The van der Waals surface area contributed by atoms with Crippen LogP contribution in [0.15, 0.2) is 4.52 Å². The van der Waals surface area contributed by atoms with Crippen LogP contribution < -0.4 is 5.32 Å². The smallest absolute Gasteiger partial charge is 0.232 e. The van der Waals surface area contributed by atoms with Gasteiger partial charge in [-0.25, -0.2) is 0 Å². The van der Waals surface area contributed by atoms with Crippen LogP contribution in [-0.2, 0) is 11.8 Å². The first-order valence-corrected chi connectivity index (χ1v) is 7.36. The summed E-state index contributed by atoms with van der Waals surface area (Å²) >= 11 is 0. The number of nitrogens with one attached hydrogen (secondary N) is 1. The van der Waals surface area contributed by atoms with E-state index in [4.69, 9.17) is 9.51 Å². The summed E-state index contributed by atoms with van der Waals surface area (Å²) in [5.74, 6) is 2.66. The summed E-state index contributed by atoms with van der Waals surface area (Å²) in [6, 6.07) is 0. The topological polar surface area (TPSA) is 51.0 Å². The van der Waals surface area contributed by atoms with Gasteiger partial charge in [-0.15, -0.1) is 0 Å². The van der Waals surface area contributed by atoms with Crippen molar-refractivity contribution < 1.29 is 4.52 Å². The zero-order valence-corrected chi connectivity index (χ0v) is 11.2. The normalized spacial score (nSPS) is 23.2. The number of rotatable bonds is 5. The molecule has 2 heterocycles. The molecule has 3 rings (SSSR count). The Labute approximate surface area is 109 Å². The fraction of sp³-hybridized carbons (Fsp3) is 0.857. The van der Waals surface area contributed by atoms with Gasteiger partial charge in [0.1, 0.15) is 0 Å². The monoisotopic (exact) mass is 249 g/mol. The molecule has 1 aliphatic carbocycles. The van der Waals surface area contributed by atoms with Gasteiger partial charge in [-0.3, -0.25) is 0 Å². The van der Waals surface area contributed by atoms with Gasteiger partial charge < -0.3 is 9.84 Å². The molecule has 1 N–H and O–H groups in total. The third-order valence-electron chi connectivity index (χ3n) is 4.38. The molecule has 0 atom stereocenters. The minimum atomic E-state index is 0.148. The summed E-state index contributed by atoms with van der Waals surface area (Å²) in [4.78, 5) is 4.70. The van der Waals surface area contributed by atoms with E-state index < -0.39 is 0 Å². The average molecular weight is 249 g/mol. The quantitative estimate of drug-likeness (QED) is 0.871. The van der Waals surface area contributed by atoms with Gasteiger partial charge in [0.05, 0.1) is 5.41 Å². The predicted molar refractivity (Wildman–Crippen MR) is 69.4 cm³/mol. The van der Waals surface area contributed by atoms with Crippen LogP contribution in [0, 0.1) is 5.92 Å². The van der Waals surface area contributed by atoms with Crippen LogP contribution in [0.1, 0.15) is 57.2 Å². The van der Waals surface area contributed by atoms with E-state index in [1.165, 1.54) is 25.7 Å². The van der Waals surface area contributed by atoms with Gasteiger partial charge in [0.2, 0.25) is 5.89 Å². The van der Waals surface area contributed by atoms with E-state index in [-0.39, 0.29) is 5.41 Å². The highest BCUT2D eigenvalue weighted by Crippen LogP contribution is 2.38. The van der Waals surface area contributed by atoms with Crippen LogP contribution in [0.5, 0.6) is 0 Å². The molecule has 0 radical (unpaired) electrons. The van der Waals surface area contributed by atoms with Gasteiger partial charge in [0, 0.05) is 6.42 Å². The third kappa shape index (κ3) is 2.44. The lowest BCUT2D eigenvalue weighted by molar-refractivity contribution is 0.208. The lowest BCUT2D eigenvalue weighted by atomic mass is 9.75. The summed E-state index contributed by atoms with van der Waals surface area (Å²) in [7, 11) is 0. The molecule has 1 aromatic heterocycles. The van der Waals surface area contributed by atoms with Crippen molar-refractivity contribution in [2.45, 2.75) is 57.3 Å². The summed E-state index contributed by atoms with van der Waals surface area (Å²) in [6.07, 6.45) is 8.31. The van der Waals surface area contributed by atoms with Crippen LogP contribution in [0.2, 0.25) is 0 Å². The zero-order chi connectivity index (χ0) is 12.4. The Morgan fingerprint density at radius 3 is 2.78 bits per heavy atom. The molecular formula is C14H23N3O. The number of aromatic nitrogens is 2. The van der Waals surface area contributed by atoms with Gasteiger partial charge >= 0.3 is 0 Å². The van der Waals surface area contributed by atoms with Gasteiger partial charge in [0.25, 0.3) is 0 Å². The Kier molecular flexibility index (Phi) is 3.37. The lowest BCUT2D eigenvalue weighted by Crippen LogP contribution is -2.40. The van der Waals surface area contributed by atoms with Gasteiger partial charge in [0.15, 0.2) is 5.82 Å². The number of piperidine rings is 1. The van der Waals surface area contributed by atoms with Crippen LogP contribution in [0.4, 0.5) is 0 Å². The van der Waals surface area contributed by atoms with Crippen LogP contribution in [0.3, 0.4) is 0 Å². The Morgan fingerprint density at radius 2 is 2.11 bits per heavy atom. The molecule has 1 saturated carbocycles. The molecule has 0 bridgehead atoms. The van der Waals surface area contributed by atoms with Gasteiger partial charge in [-0.1, -0.05) is 18.5 Å². The SMILES string of the molecule is CCCC1(c2nc(CC3CC3)no2)CCNCC1. The molecule has 0 amide bonds. The molecule has 0 aromatic carbocycles. The van der Waals surface area contributed by atoms with Crippen molar-refractivity contribution in [1.29, 1.82) is 0 Å². The molecule has 4 nitrogen and oxygen atoms in total. The number of hydrogen-bond donors (Lipinski definition) is 1. The molecule has 1 aliphatic heterocycles. The Hall–Kier alpha value is -0.900. The van der Waals surface area contributed by atoms with E-state index in [0.29, 0.717) is 0 Å². The molecular weight excluding hydrogens is 226 g/mol. The van der Waals surface area contributed by atoms with E-state index in [1.54, 1.807) is 0 Å². The molecule has 0 unspecified atom stereocenters. The highest BCUT2D eigenvalue weighted by atomic mass is 16.5. The second-order valence-electron chi connectivity index (χ2n) is 5.94. The van der Waals surface area contributed by atoms with Gasteiger partial charge in [-0.05, 0) is 51.1 Å². The van der Waals surface area contributed by atoms with Crippen LogP contribution >= 0.6 is 0 Å². The van der Waals surface area contributed by atoms with Crippen LogP contribution in [0.25, 0.3) is 0 Å². The average Bonchev–Trinajstić information content (AvgIpc) is 3.06. The zero-order valence-electron chi connectivity index (χ0n) is 11.2. The first-order valence-electron chi connectivity index (χ1n) is 7.36. The number of nitrogens with zero attached hydrogens (tertiary/aromatic N) is 2. The molecule has 2 fully saturated rings. The molecule has 0 spiro atoms. The lowest BCUT2D eigenvalue weighted by Gasteiger charge is -2.34. The minimum Gasteiger partial charge on any atom is -0.339 e. The Balaban J connectivity index is 1.77. The summed E-state index contributed by atoms with van der Waals surface area (Å²) in [6.45, 7) is 4.38. The Morgan fingerprint density at radius 1 is 1.33 bits per heavy atom. The van der Waals surface area contributed by atoms with E-state index in [2.05, 4.69) is 17.4 Å². The second kappa shape index (κ2) is 5.00. The van der Waals surface area contributed by atoms with Crippen molar-refractivity contribution in [3.8, 4) is 0 Å². The fourth-order valence-electron chi connectivity index (χ4n) is 3.09. The first kappa shape index (κ1) is 12.2. The molecule has 1 saturated heterocycles. The van der Waals surface area contributed by atoms with Crippen LogP contribution in [-0.4, -0.2) is 23.2 Å². The van der Waals surface area contributed by atoms with Gasteiger partial charge in [-0.2, -0.15) is 4.98 Å². The minimum absolute atomic E-state index is 0.148. The van der Waals surface area contributed by atoms with E-state index in [9.17, 15) is 0 Å². The largest absolute Gasteiger partial charge is 0.339 e. The summed E-state index contributed by atoms with van der Waals surface area (Å²) in [5, 5.41) is 7.62. The third-order valence-corrected chi connectivity index (χ3v) is 4.38. The second-order valence-corrected chi connectivity index (χ2v) is 5.94. The molecule has 100 valence electrons. The highest BCUT2D eigenvalue weighted by molar-refractivity contribution is 5.08. The van der Waals surface area contributed by atoms with Crippen molar-refractivity contribution in [1.82, 2.24) is 15.5 Å². The van der Waals surface area contributed by atoms with Crippen molar-refractivity contribution in [2.75, 3.05) is 13.1 Å². The maximum atomic E-state index is 5.60. The van der Waals surface area contributed by atoms with E-state index in [0.717, 1.165) is 50.0 Å². The maximum absolute atomic E-state index is 5.60. The molecule has 4 heteroatoms. The molecule has 2 aliphatic rings. The first-order chi connectivity index (χ1) is 8.82. The standard InChI is InChI=1S/C14H23N3O/c1-2-5-14(6-8-15-9-7-14)13-16-12(17-18-13)10-11-3-4-11/h11,15H,2-10H2,1H3.